The third-order valence-electron chi connectivity index (χ3n) is 6.02. The van der Waals surface area contributed by atoms with Crippen molar-refractivity contribution in [3.8, 4) is 5.75 Å². The van der Waals surface area contributed by atoms with Gasteiger partial charge in [-0.3, -0.25) is 9.36 Å². The van der Waals surface area contributed by atoms with Crippen molar-refractivity contribution in [3.63, 3.8) is 0 Å². The number of carbonyl (C=O) groups is 1. The van der Waals surface area contributed by atoms with Crippen LogP contribution in [-0.2, 0) is 25.9 Å². The number of hydrogen-bond acceptors (Lipinski definition) is 5. The molecule has 4 aromatic rings. The molecule has 1 aliphatic rings. The number of aryl methyl sites for hydroxylation is 2. The van der Waals surface area contributed by atoms with E-state index in [2.05, 4.69) is 22.4 Å². The standard InChI is InChI=1S/C26H26N4O3S/c1-2-33-20-10-8-19(9-11-20)28-26(32)29-15-13-21-22(16-29)34-24-23(21)25(31)30(17-27-24)14-12-18-6-4-3-5-7-18/h3-11,17H,2,12-16H2,1H3,(H,28,32). The molecule has 2 aromatic heterocycles. The number of hydrogen-bond donors (Lipinski definition) is 1. The van der Waals surface area contributed by atoms with Crippen molar-refractivity contribution < 1.29 is 9.53 Å². The van der Waals surface area contributed by atoms with Gasteiger partial charge in [-0.25, -0.2) is 9.78 Å². The Morgan fingerprint density at radius 2 is 1.94 bits per heavy atom. The lowest BCUT2D eigenvalue weighted by atomic mass is 10.1. The lowest BCUT2D eigenvalue weighted by Gasteiger charge is -2.27. The van der Waals surface area contributed by atoms with Crippen LogP contribution in [0.5, 0.6) is 5.75 Å². The van der Waals surface area contributed by atoms with Crippen LogP contribution in [0.15, 0.2) is 65.7 Å². The Morgan fingerprint density at radius 1 is 1.15 bits per heavy atom. The Balaban J connectivity index is 1.30. The molecule has 0 saturated heterocycles. The first-order valence-electron chi connectivity index (χ1n) is 11.4. The van der Waals surface area contributed by atoms with Gasteiger partial charge in [0, 0.05) is 23.7 Å². The van der Waals surface area contributed by atoms with Gasteiger partial charge in [0.05, 0.1) is 24.9 Å². The summed E-state index contributed by atoms with van der Waals surface area (Å²) in [6, 6.07) is 17.3. The average Bonchev–Trinajstić information content (AvgIpc) is 3.24. The number of nitrogens with zero attached hydrogens (tertiary/aromatic N) is 3. The maximum absolute atomic E-state index is 13.2. The highest BCUT2D eigenvalue weighted by Gasteiger charge is 2.26. The van der Waals surface area contributed by atoms with Gasteiger partial charge in [0.2, 0.25) is 0 Å². The van der Waals surface area contributed by atoms with Crippen molar-refractivity contribution in [1.29, 1.82) is 0 Å². The molecule has 7 nitrogen and oxygen atoms in total. The maximum Gasteiger partial charge on any atom is 0.322 e. The number of amides is 2. The van der Waals surface area contributed by atoms with E-state index in [1.54, 1.807) is 15.8 Å². The normalized spacial score (nSPS) is 13.0. The first-order valence-corrected chi connectivity index (χ1v) is 12.3. The van der Waals surface area contributed by atoms with Gasteiger partial charge < -0.3 is 15.0 Å². The number of thiophene rings is 1. The topological polar surface area (TPSA) is 76.5 Å². The second kappa shape index (κ2) is 9.69. The number of nitrogens with one attached hydrogen (secondary N) is 1. The van der Waals surface area contributed by atoms with Crippen molar-refractivity contribution in [2.24, 2.45) is 0 Å². The molecule has 2 aromatic carbocycles. The highest BCUT2D eigenvalue weighted by molar-refractivity contribution is 7.18. The van der Waals surface area contributed by atoms with Crippen molar-refractivity contribution in [3.05, 3.63) is 87.3 Å². The van der Waals surface area contributed by atoms with Crippen molar-refractivity contribution in [1.82, 2.24) is 14.5 Å². The summed E-state index contributed by atoms with van der Waals surface area (Å²) >= 11 is 1.51. The molecule has 0 fully saturated rings. The van der Waals surface area contributed by atoms with Crippen LogP contribution in [-0.4, -0.2) is 33.6 Å². The maximum atomic E-state index is 13.2. The first kappa shape index (κ1) is 22.2. The van der Waals surface area contributed by atoms with E-state index in [1.807, 2.05) is 49.4 Å². The number of carbonyl (C=O) groups excluding carboxylic acids is 1. The minimum absolute atomic E-state index is 0.00530. The Bertz CT molecular complexity index is 1360. The Kier molecular flexibility index (Phi) is 6.31. The van der Waals surface area contributed by atoms with E-state index >= 15 is 0 Å². The molecule has 8 heteroatoms. The van der Waals surface area contributed by atoms with Crippen LogP contribution in [0.25, 0.3) is 10.2 Å². The molecule has 0 atom stereocenters. The van der Waals surface area contributed by atoms with Crippen LogP contribution < -0.4 is 15.6 Å². The summed E-state index contributed by atoms with van der Waals surface area (Å²) in [4.78, 5) is 34.2. The van der Waals surface area contributed by atoms with Gasteiger partial charge in [-0.2, -0.15) is 0 Å². The van der Waals surface area contributed by atoms with E-state index in [0.29, 0.717) is 38.0 Å². The number of anilines is 1. The molecule has 174 valence electrons. The second-order valence-electron chi connectivity index (χ2n) is 8.22. The predicted molar refractivity (Wildman–Crippen MR) is 135 cm³/mol. The van der Waals surface area contributed by atoms with Crippen molar-refractivity contribution in [2.75, 3.05) is 18.5 Å². The molecule has 34 heavy (non-hydrogen) atoms. The third-order valence-corrected chi connectivity index (χ3v) is 7.14. The molecule has 0 radical (unpaired) electrons. The summed E-state index contributed by atoms with van der Waals surface area (Å²) in [5.41, 5.74) is 2.96. The van der Waals surface area contributed by atoms with Gasteiger partial charge in [-0.15, -0.1) is 11.3 Å². The number of rotatable bonds is 6. The Hall–Kier alpha value is -3.65. The van der Waals surface area contributed by atoms with E-state index < -0.39 is 0 Å². The lowest BCUT2D eigenvalue weighted by Crippen LogP contribution is -2.38. The molecular formula is C26H26N4O3S. The number of benzene rings is 2. The van der Waals surface area contributed by atoms with Gasteiger partial charge in [0.15, 0.2) is 0 Å². The van der Waals surface area contributed by atoms with Crippen molar-refractivity contribution >= 4 is 33.3 Å². The fraction of sp³-hybridized carbons (Fsp3) is 0.269. The predicted octanol–water partition coefficient (Wildman–Crippen LogP) is 4.69. The monoisotopic (exact) mass is 474 g/mol. The zero-order valence-corrected chi connectivity index (χ0v) is 19.8. The summed E-state index contributed by atoms with van der Waals surface area (Å²) in [6.07, 6.45) is 3.07. The fourth-order valence-electron chi connectivity index (χ4n) is 4.25. The molecule has 0 aliphatic carbocycles. The van der Waals surface area contributed by atoms with E-state index in [-0.39, 0.29) is 11.6 Å². The molecule has 0 spiro atoms. The van der Waals surface area contributed by atoms with Crippen LogP contribution in [0.3, 0.4) is 0 Å². The molecule has 5 rings (SSSR count). The van der Waals surface area contributed by atoms with E-state index in [1.165, 1.54) is 16.9 Å². The molecule has 1 aliphatic heterocycles. The molecule has 0 saturated carbocycles. The SMILES string of the molecule is CCOc1ccc(NC(=O)N2CCc3c(sc4ncn(CCc5ccccc5)c(=O)c34)C2)cc1. The summed E-state index contributed by atoms with van der Waals surface area (Å²) in [6.45, 7) is 4.16. The number of fused-ring (bicyclic) bond motifs is 3. The zero-order chi connectivity index (χ0) is 23.5. The van der Waals surface area contributed by atoms with Crippen LogP contribution in [0.2, 0.25) is 0 Å². The van der Waals surface area contributed by atoms with E-state index in [0.717, 1.165) is 33.1 Å². The van der Waals surface area contributed by atoms with Crippen LogP contribution in [0.4, 0.5) is 10.5 Å². The Morgan fingerprint density at radius 3 is 2.71 bits per heavy atom. The van der Waals surface area contributed by atoms with Gasteiger partial charge in [-0.05, 0) is 55.2 Å². The van der Waals surface area contributed by atoms with Gasteiger partial charge in [0.1, 0.15) is 10.6 Å². The quantitative estimate of drug-likeness (QED) is 0.440. The van der Waals surface area contributed by atoms with Gasteiger partial charge in [-0.1, -0.05) is 30.3 Å². The largest absolute Gasteiger partial charge is 0.494 e. The van der Waals surface area contributed by atoms with Crippen LogP contribution in [0, 0.1) is 0 Å². The average molecular weight is 475 g/mol. The highest BCUT2D eigenvalue weighted by atomic mass is 32.1. The van der Waals surface area contributed by atoms with Crippen LogP contribution >= 0.6 is 11.3 Å². The highest BCUT2D eigenvalue weighted by Crippen LogP contribution is 2.32. The summed E-state index contributed by atoms with van der Waals surface area (Å²) < 4.78 is 7.15. The number of urea groups is 1. The number of ether oxygens (including phenoxy) is 1. The third kappa shape index (κ3) is 4.54. The summed E-state index contributed by atoms with van der Waals surface area (Å²) in [5.74, 6) is 0.773. The molecule has 2 amide bonds. The number of aromatic nitrogens is 2. The molecular weight excluding hydrogens is 448 g/mol. The van der Waals surface area contributed by atoms with E-state index in [9.17, 15) is 9.59 Å². The summed E-state index contributed by atoms with van der Waals surface area (Å²) in [7, 11) is 0. The fourth-order valence-corrected chi connectivity index (χ4v) is 5.44. The molecule has 3 heterocycles. The molecule has 0 unspecified atom stereocenters. The minimum atomic E-state index is -0.152. The lowest BCUT2D eigenvalue weighted by molar-refractivity contribution is 0.207. The second-order valence-corrected chi connectivity index (χ2v) is 9.31. The molecule has 1 N–H and O–H groups in total. The van der Waals surface area contributed by atoms with E-state index in [4.69, 9.17) is 4.74 Å². The molecule has 0 bridgehead atoms. The minimum Gasteiger partial charge on any atom is -0.494 e. The van der Waals surface area contributed by atoms with Gasteiger partial charge in [0.25, 0.3) is 5.56 Å². The van der Waals surface area contributed by atoms with Gasteiger partial charge >= 0.3 is 6.03 Å². The smallest absolute Gasteiger partial charge is 0.322 e. The summed E-state index contributed by atoms with van der Waals surface area (Å²) in [5, 5.41) is 3.66. The zero-order valence-electron chi connectivity index (χ0n) is 19.0. The Labute approximate surface area is 201 Å². The van der Waals surface area contributed by atoms with Crippen molar-refractivity contribution in [2.45, 2.75) is 32.9 Å². The first-order chi connectivity index (χ1) is 16.6. The van der Waals surface area contributed by atoms with Crippen LogP contribution in [0.1, 0.15) is 22.9 Å².